The fourth-order valence-electron chi connectivity index (χ4n) is 6.19. The summed E-state index contributed by atoms with van der Waals surface area (Å²) in [5.74, 6) is 1.39. The lowest BCUT2D eigenvalue weighted by atomic mass is 9.93. The van der Waals surface area contributed by atoms with E-state index in [4.69, 9.17) is 28.7 Å². The van der Waals surface area contributed by atoms with E-state index in [1.807, 2.05) is 54.3 Å². The lowest BCUT2D eigenvalue weighted by Crippen LogP contribution is -2.40. The molecule has 1 fully saturated rings. The molecule has 1 atom stereocenters. The molecular weight excluding hydrogens is 646 g/mol. The summed E-state index contributed by atoms with van der Waals surface area (Å²) in [6.45, 7) is 5.65. The van der Waals surface area contributed by atoms with Gasteiger partial charge in [-0.1, -0.05) is 53.8 Å². The maximum Gasteiger partial charge on any atom is 0.338 e. The molecular formula is C37H35N3O8S. The van der Waals surface area contributed by atoms with Gasteiger partial charge in [0.1, 0.15) is 0 Å². The predicted molar refractivity (Wildman–Crippen MR) is 183 cm³/mol. The molecule has 0 N–H and O–H groups in total. The van der Waals surface area contributed by atoms with Crippen molar-refractivity contribution in [3.63, 3.8) is 0 Å². The van der Waals surface area contributed by atoms with Gasteiger partial charge in [0.15, 0.2) is 34.4 Å². The average Bonchev–Trinajstić information content (AvgIpc) is 3.89. The fraction of sp³-hybridized carbons (Fsp3) is 0.297. The van der Waals surface area contributed by atoms with Crippen molar-refractivity contribution in [1.82, 2.24) is 9.47 Å². The molecule has 1 aromatic heterocycles. The molecule has 0 saturated carbocycles. The van der Waals surface area contributed by atoms with Gasteiger partial charge in [-0.25, -0.2) is 9.79 Å². The van der Waals surface area contributed by atoms with Gasteiger partial charge < -0.3 is 28.6 Å². The lowest BCUT2D eigenvalue weighted by molar-refractivity contribution is -0.139. The summed E-state index contributed by atoms with van der Waals surface area (Å²) in [6, 6.07) is 19.3. The van der Waals surface area contributed by atoms with Crippen LogP contribution in [0.15, 0.2) is 82.1 Å². The van der Waals surface area contributed by atoms with E-state index in [-0.39, 0.29) is 37.0 Å². The minimum Gasteiger partial charge on any atom is -0.490 e. The number of hydrogen-bond acceptors (Lipinski definition) is 10. The number of carbonyl (C=O) groups is 2. The molecule has 4 aromatic rings. The highest BCUT2D eigenvalue weighted by atomic mass is 32.1. The number of fused-ring (bicyclic) bond motifs is 2. The molecule has 49 heavy (non-hydrogen) atoms. The third-order valence-corrected chi connectivity index (χ3v) is 9.44. The highest BCUT2D eigenvalue weighted by Gasteiger charge is 2.36. The van der Waals surface area contributed by atoms with Crippen molar-refractivity contribution in [2.45, 2.75) is 32.7 Å². The molecule has 3 aliphatic rings. The summed E-state index contributed by atoms with van der Waals surface area (Å²) in [4.78, 5) is 47.8. The normalized spacial score (nSPS) is 16.7. The van der Waals surface area contributed by atoms with E-state index >= 15 is 0 Å². The van der Waals surface area contributed by atoms with Crippen molar-refractivity contribution >= 4 is 35.0 Å². The monoisotopic (exact) mass is 681 g/mol. The molecule has 12 heteroatoms. The molecule has 0 bridgehead atoms. The van der Waals surface area contributed by atoms with Crippen molar-refractivity contribution in [3.05, 3.63) is 109 Å². The summed E-state index contributed by atoms with van der Waals surface area (Å²) in [5, 5.41) is 0. The van der Waals surface area contributed by atoms with Gasteiger partial charge in [-0.3, -0.25) is 14.2 Å². The molecule has 252 valence electrons. The third kappa shape index (κ3) is 6.43. The number of aromatic nitrogens is 1. The Morgan fingerprint density at radius 3 is 2.51 bits per heavy atom. The summed E-state index contributed by atoms with van der Waals surface area (Å²) >= 11 is 1.22. The Labute approximate surface area is 286 Å². The largest absolute Gasteiger partial charge is 0.490 e. The van der Waals surface area contributed by atoms with Crippen LogP contribution < -0.4 is 33.8 Å². The Bertz CT molecular complexity index is 2110. The topological polar surface area (TPSA) is 118 Å². The van der Waals surface area contributed by atoms with Gasteiger partial charge in [0.2, 0.25) is 6.79 Å². The number of ether oxygens (including phenoxy) is 5. The second-order valence-corrected chi connectivity index (χ2v) is 12.6. The van der Waals surface area contributed by atoms with E-state index in [0.717, 1.165) is 25.9 Å². The molecule has 1 saturated heterocycles. The molecule has 0 aliphatic carbocycles. The number of nitrogens with zero attached hydrogens (tertiary/aromatic N) is 3. The zero-order chi connectivity index (χ0) is 33.9. The minimum atomic E-state index is -0.856. The Morgan fingerprint density at radius 1 is 0.939 bits per heavy atom. The van der Waals surface area contributed by atoms with Gasteiger partial charge in [0.05, 0.1) is 35.1 Å². The van der Waals surface area contributed by atoms with Crippen molar-refractivity contribution < 1.29 is 33.3 Å². The number of thiazole rings is 1. The average molecular weight is 682 g/mol. The zero-order valence-electron chi connectivity index (χ0n) is 27.2. The first-order chi connectivity index (χ1) is 23.9. The molecule has 1 amide bonds. The van der Waals surface area contributed by atoms with Crippen LogP contribution in [0.2, 0.25) is 0 Å². The number of amides is 1. The highest BCUT2D eigenvalue weighted by Crippen LogP contribution is 2.40. The Kier molecular flexibility index (Phi) is 9.21. The maximum absolute atomic E-state index is 14.3. The number of esters is 1. The van der Waals surface area contributed by atoms with E-state index in [9.17, 15) is 14.4 Å². The quantitative estimate of drug-likeness (QED) is 0.230. The molecule has 4 heterocycles. The van der Waals surface area contributed by atoms with Crippen molar-refractivity contribution in [1.29, 1.82) is 0 Å². The van der Waals surface area contributed by atoms with Crippen molar-refractivity contribution in [3.8, 4) is 23.0 Å². The first kappa shape index (κ1) is 32.2. The van der Waals surface area contributed by atoms with Crippen molar-refractivity contribution in [2.75, 3.05) is 39.7 Å². The Hall–Kier alpha value is -5.36. The summed E-state index contributed by atoms with van der Waals surface area (Å²) in [5.41, 5.74) is 2.41. The van der Waals surface area contributed by atoms with Crippen LogP contribution in [0.3, 0.4) is 0 Å². The minimum absolute atomic E-state index is 0.0563. The van der Waals surface area contributed by atoms with E-state index in [1.165, 1.54) is 15.9 Å². The summed E-state index contributed by atoms with van der Waals surface area (Å²) in [7, 11) is 0. The SMILES string of the molecule is CCOC(=O)C1=C(c2ccccc2)N=c2s/c(=C/c3ccc(OCC(=O)N4CCCC4)c(OCC)c3)c(=O)n2[C@H]1c1ccc2c(c1)OCO2. The third-order valence-electron chi connectivity index (χ3n) is 8.46. The van der Waals surface area contributed by atoms with E-state index < -0.39 is 12.0 Å². The number of likely N-dealkylation sites (tertiary alicyclic amines) is 1. The van der Waals surface area contributed by atoms with Crippen LogP contribution in [0.25, 0.3) is 11.8 Å². The molecule has 7 rings (SSSR count). The van der Waals surface area contributed by atoms with Crippen LogP contribution in [0.4, 0.5) is 0 Å². The van der Waals surface area contributed by atoms with Crippen LogP contribution in [-0.4, -0.2) is 61.0 Å². The van der Waals surface area contributed by atoms with Crippen molar-refractivity contribution in [2.24, 2.45) is 4.99 Å². The van der Waals surface area contributed by atoms with E-state index in [1.54, 1.807) is 37.3 Å². The molecule has 3 aliphatic heterocycles. The van der Waals surface area contributed by atoms with Gasteiger partial charge in [0.25, 0.3) is 11.5 Å². The first-order valence-electron chi connectivity index (χ1n) is 16.3. The highest BCUT2D eigenvalue weighted by molar-refractivity contribution is 7.07. The van der Waals surface area contributed by atoms with Crippen LogP contribution in [-0.2, 0) is 14.3 Å². The van der Waals surface area contributed by atoms with Gasteiger partial charge >= 0.3 is 5.97 Å². The maximum atomic E-state index is 14.3. The fourth-order valence-corrected chi connectivity index (χ4v) is 7.19. The number of carbonyl (C=O) groups excluding carboxylic acids is 2. The predicted octanol–water partition coefficient (Wildman–Crippen LogP) is 4.06. The van der Waals surface area contributed by atoms with Gasteiger partial charge in [-0.15, -0.1) is 0 Å². The smallest absolute Gasteiger partial charge is 0.338 e. The van der Waals surface area contributed by atoms with Gasteiger partial charge in [0, 0.05) is 18.7 Å². The standard InChI is InChI=1S/C37H35N3O8S/c1-3-44-28-18-23(12-14-26(28)46-21-31(41)39-16-8-9-17-39)19-30-35(42)40-34(25-13-15-27-29(20-25)48-22-47-27)32(36(43)45-4-2)33(38-37(40)49-30)24-10-6-5-7-11-24/h5-7,10-15,18-20,34H,3-4,8-9,16-17,21-22H2,1-2H3/b30-19+/t34-/m0/s1. The van der Waals surface area contributed by atoms with E-state index in [0.29, 0.717) is 61.3 Å². The number of rotatable bonds is 10. The van der Waals surface area contributed by atoms with Gasteiger partial charge in [-0.2, -0.15) is 0 Å². The molecule has 0 unspecified atom stereocenters. The first-order valence-corrected chi connectivity index (χ1v) is 17.1. The van der Waals surface area contributed by atoms with Crippen LogP contribution in [0.5, 0.6) is 23.0 Å². The molecule has 11 nitrogen and oxygen atoms in total. The van der Waals surface area contributed by atoms with Gasteiger partial charge in [-0.05, 0) is 68.2 Å². The van der Waals surface area contributed by atoms with E-state index in [2.05, 4.69) is 0 Å². The Balaban J connectivity index is 1.33. The lowest BCUT2D eigenvalue weighted by Gasteiger charge is -2.26. The molecule has 0 spiro atoms. The van der Waals surface area contributed by atoms with Crippen LogP contribution in [0.1, 0.15) is 49.4 Å². The second kappa shape index (κ2) is 14.0. The second-order valence-electron chi connectivity index (χ2n) is 11.6. The van der Waals surface area contributed by atoms with Crippen LogP contribution in [0, 0.1) is 0 Å². The number of hydrogen-bond donors (Lipinski definition) is 0. The molecule has 0 radical (unpaired) electrons. The zero-order valence-corrected chi connectivity index (χ0v) is 28.0. The van der Waals surface area contributed by atoms with Crippen LogP contribution >= 0.6 is 11.3 Å². The number of benzene rings is 3. The summed E-state index contributed by atoms with van der Waals surface area (Å²) < 4.78 is 30.5. The summed E-state index contributed by atoms with van der Waals surface area (Å²) in [6.07, 6.45) is 3.77. The molecule has 3 aromatic carbocycles. The Morgan fingerprint density at radius 2 is 1.73 bits per heavy atom.